The molecule has 0 spiro atoms. The molecule has 1 aliphatic rings. The maximum Gasteiger partial charge on any atom is 0.331 e. The average molecular weight is 371 g/mol. The summed E-state index contributed by atoms with van der Waals surface area (Å²) in [6.45, 7) is 0.660. The number of rotatable bonds is 6. The third kappa shape index (κ3) is 3.45. The number of carbonyl (C=O) groups excluding carboxylic acids is 1. The second kappa shape index (κ2) is 7.88. The van der Waals surface area contributed by atoms with Crippen molar-refractivity contribution >= 4 is 5.97 Å². The molecule has 1 N–H and O–H groups in total. The third-order valence-electron chi connectivity index (χ3n) is 5.05. The Morgan fingerprint density at radius 1 is 1.00 bits per heavy atom. The van der Waals surface area contributed by atoms with Crippen LogP contribution in [0.1, 0.15) is 16.7 Å². The van der Waals surface area contributed by atoms with Gasteiger partial charge < -0.3 is 18.9 Å². The number of methoxy groups -OCH3 is 4. The molecule has 2 aromatic carbocycles. The Kier molecular flexibility index (Phi) is 5.56. The fraction of sp³-hybridized carbons (Fsp3) is 0.381. The molecule has 1 unspecified atom stereocenters. The minimum atomic E-state index is -0.990. The van der Waals surface area contributed by atoms with Gasteiger partial charge in [0.05, 0.1) is 28.4 Å². The smallest absolute Gasteiger partial charge is 0.331 e. The lowest BCUT2D eigenvalue weighted by Gasteiger charge is -2.38. The molecule has 144 valence electrons. The predicted molar refractivity (Wildman–Crippen MR) is 102 cm³/mol. The zero-order valence-corrected chi connectivity index (χ0v) is 16.1. The van der Waals surface area contributed by atoms with Crippen LogP contribution in [0.2, 0.25) is 0 Å². The Morgan fingerprint density at radius 2 is 1.67 bits per heavy atom. The van der Waals surface area contributed by atoms with E-state index in [2.05, 4.69) is 5.32 Å². The van der Waals surface area contributed by atoms with Gasteiger partial charge in [0.2, 0.25) is 0 Å². The SMILES string of the molecule is COC(=O)C1(Cc2ccc(OC)cc2)NCCc2cc(OC)c(OC)cc21. The third-order valence-corrected chi connectivity index (χ3v) is 5.05. The van der Waals surface area contributed by atoms with Gasteiger partial charge in [-0.15, -0.1) is 0 Å². The minimum Gasteiger partial charge on any atom is -0.497 e. The van der Waals surface area contributed by atoms with Gasteiger partial charge in [0.15, 0.2) is 11.5 Å². The highest BCUT2D eigenvalue weighted by molar-refractivity contribution is 5.84. The lowest BCUT2D eigenvalue weighted by molar-refractivity contribution is -0.149. The van der Waals surface area contributed by atoms with E-state index in [4.69, 9.17) is 18.9 Å². The van der Waals surface area contributed by atoms with Crippen molar-refractivity contribution in [3.63, 3.8) is 0 Å². The highest BCUT2D eigenvalue weighted by Gasteiger charge is 2.45. The van der Waals surface area contributed by atoms with Crippen molar-refractivity contribution in [1.82, 2.24) is 5.32 Å². The van der Waals surface area contributed by atoms with Crippen molar-refractivity contribution < 1.29 is 23.7 Å². The van der Waals surface area contributed by atoms with E-state index in [1.807, 2.05) is 36.4 Å². The van der Waals surface area contributed by atoms with Crippen LogP contribution in [-0.2, 0) is 27.9 Å². The molecule has 0 radical (unpaired) electrons. The molecule has 1 aliphatic heterocycles. The van der Waals surface area contributed by atoms with Crippen LogP contribution in [0.3, 0.4) is 0 Å². The second-order valence-corrected chi connectivity index (χ2v) is 6.46. The van der Waals surface area contributed by atoms with Crippen LogP contribution in [0.25, 0.3) is 0 Å². The Hall–Kier alpha value is -2.73. The molecule has 0 aliphatic carbocycles. The van der Waals surface area contributed by atoms with Crippen molar-refractivity contribution in [2.45, 2.75) is 18.4 Å². The van der Waals surface area contributed by atoms with E-state index in [1.165, 1.54) is 7.11 Å². The zero-order chi connectivity index (χ0) is 19.4. The molecule has 0 amide bonds. The molecule has 0 saturated heterocycles. The molecule has 0 bridgehead atoms. The van der Waals surface area contributed by atoms with Crippen LogP contribution < -0.4 is 19.5 Å². The van der Waals surface area contributed by atoms with Gasteiger partial charge >= 0.3 is 5.97 Å². The molecular weight excluding hydrogens is 346 g/mol. The fourth-order valence-electron chi connectivity index (χ4n) is 3.67. The summed E-state index contributed by atoms with van der Waals surface area (Å²) in [6.07, 6.45) is 1.24. The van der Waals surface area contributed by atoms with Gasteiger partial charge in [0, 0.05) is 13.0 Å². The largest absolute Gasteiger partial charge is 0.497 e. The molecule has 0 saturated carbocycles. The van der Waals surface area contributed by atoms with Crippen LogP contribution in [0.4, 0.5) is 0 Å². The van der Waals surface area contributed by atoms with E-state index >= 15 is 0 Å². The van der Waals surface area contributed by atoms with Crippen LogP contribution in [0, 0.1) is 0 Å². The number of carbonyl (C=O) groups is 1. The van der Waals surface area contributed by atoms with E-state index in [-0.39, 0.29) is 5.97 Å². The first-order valence-corrected chi connectivity index (χ1v) is 8.79. The van der Waals surface area contributed by atoms with E-state index in [9.17, 15) is 4.79 Å². The standard InChI is InChI=1S/C21H25NO5/c1-24-16-7-5-14(6-8-16)13-21(20(23)27-4)17-12-19(26-3)18(25-2)11-15(17)9-10-22-21/h5-8,11-12,22H,9-10,13H2,1-4H3. The van der Waals surface area contributed by atoms with Crippen molar-refractivity contribution in [1.29, 1.82) is 0 Å². The topological polar surface area (TPSA) is 66.0 Å². The lowest BCUT2D eigenvalue weighted by Crippen LogP contribution is -2.55. The molecule has 1 atom stereocenters. The van der Waals surface area contributed by atoms with Gasteiger partial charge in [-0.1, -0.05) is 12.1 Å². The summed E-state index contributed by atoms with van der Waals surface area (Å²) in [6, 6.07) is 11.5. The van der Waals surface area contributed by atoms with E-state index in [0.717, 1.165) is 28.9 Å². The predicted octanol–water partition coefficient (Wildman–Crippen LogP) is 2.47. The number of hydrogen-bond donors (Lipinski definition) is 1. The molecule has 2 aromatic rings. The minimum absolute atomic E-state index is 0.327. The number of ether oxygens (including phenoxy) is 4. The maximum absolute atomic E-state index is 13.0. The number of fused-ring (bicyclic) bond motifs is 1. The highest BCUT2D eigenvalue weighted by atomic mass is 16.5. The van der Waals surface area contributed by atoms with Crippen LogP contribution >= 0.6 is 0 Å². The van der Waals surface area contributed by atoms with E-state index < -0.39 is 5.54 Å². The van der Waals surface area contributed by atoms with Crippen molar-refractivity contribution in [2.75, 3.05) is 35.0 Å². The van der Waals surface area contributed by atoms with Crippen LogP contribution in [0.5, 0.6) is 17.2 Å². The molecule has 6 heteroatoms. The first-order valence-electron chi connectivity index (χ1n) is 8.79. The molecular formula is C21H25NO5. The Bertz CT molecular complexity index is 818. The summed E-state index contributed by atoms with van der Waals surface area (Å²) in [7, 11) is 6.23. The number of benzene rings is 2. The van der Waals surface area contributed by atoms with E-state index in [0.29, 0.717) is 24.5 Å². The van der Waals surface area contributed by atoms with Gasteiger partial charge in [-0.3, -0.25) is 5.32 Å². The van der Waals surface area contributed by atoms with Crippen molar-refractivity contribution in [2.24, 2.45) is 0 Å². The first-order chi connectivity index (χ1) is 13.1. The monoisotopic (exact) mass is 371 g/mol. The number of esters is 1. The second-order valence-electron chi connectivity index (χ2n) is 6.46. The fourth-order valence-corrected chi connectivity index (χ4v) is 3.67. The molecule has 27 heavy (non-hydrogen) atoms. The van der Waals surface area contributed by atoms with Gasteiger partial charge in [0.1, 0.15) is 11.3 Å². The Morgan fingerprint density at radius 3 is 2.26 bits per heavy atom. The molecule has 3 rings (SSSR count). The maximum atomic E-state index is 13.0. The van der Waals surface area contributed by atoms with Crippen LogP contribution in [0.15, 0.2) is 36.4 Å². The number of hydrogen-bond acceptors (Lipinski definition) is 6. The summed E-state index contributed by atoms with van der Waals surface area (Å²) < 4.78 is 21.3. The van der Waals surface area contributed by atoms with Gasteiger partial charge in [0.25, 0.3) is 0 Å². The summed E-state index contributed by atoms with van der Waals surface area (Å²) >= 11 is 0. The number of nitrogens with one attached hydrogen (secondary N) is 1. The van der Waals surface area contributed by atoms with Gasteiger partial charge in [-0.05, 0) is 47.4 Å². The molecule has 0 aromatic heterocycles. The Labute approximate surface area is 159 Å². The Balaban J connectivity index is 2.11. The molecule has 6 nitrogen and oxygen atoms in total. The molecule has 1 heterocycles. The van der Waals surface area contributed by atoms with Gasteiger partial charge in [-0.2, -0.15) is 0 Å². The van der Waals surface area contributed by atoms with E-state index in [1.54, 1.807) is 21.3 Å². The average Bonchev–Trinajstić information content (AvgIpc) is 2.72. The van der Waals surface area contributed by atoms with Gasteiger partial charge in [-0.25, -0.2) is 4.79 Å². The zero-order valence-electron chi connectivity index (χ0n) is 16.1. The summed E-state index contributed by atoms with van der Waals surface area (Å²) in [4.78, 5) is 13.0. The van der Waals surface area contributed by atoms with Crippen molar-refractivity contribution in [3.05, 3.63) is 53.1 Å². The van der Waals surface area contributed by atoms with Crippen molar-refractivity contribution in [3.8, 4) is 17.2 Å². The molecule has 0 fully saturated rings. The summed E-state index contributed by atoms with van der Waals surface area (Å²) in [5.74, 6) is 1.69. The quantitative estimate of drug-likeness (QED) is 0.787. The lowest BCUT2D eigenvalue weighted by atomic mass is 9.77. The first kappa shape index (κ1) is 19.0. The normalized spacial score (nSPS) is 18.4. The summed E-state index contributed by atoms with van der Waals surface area (Å²) in [5.41, 5.74) is 1.91. The van der Waals surface area contributed by atoms with Crippen LogP contribution in [-0.4, -0.2) is 41.0 Å². The summed E-state index contributed by atoms with van der Waals surface area (Å²) in [5, 5.41) is 3.40. The highest BCUT2D eigenvalue weighted by Crippen LogP contribution is 2.40.